The molecule has 0 radical (unpaired) electrons. The SMILES string of the molecule is NC(=O)CCNC(=O)C1CCCN(C2CCN(C3Cc4ccccc4C3)CC2)C1. The van der Waals surface area contributed by atoms with Crippen molar-refractivity contribution in [2.45, 2.75) is 57.0 Å². The van der Waals surface area contributed by atoms with Crippen molar-refractivity contribution in [3.63, 3.8) is 0 Å². The highest BCUT2D eigenvalue weighted by Gasteiger charge is 2.34. The molecule has 4 rings (SSSR count). The van der Waals surface area contributed by atoms with E-state index in [4.69, 9.17) is 5.73 Å². The van der Waals surface area contributed by atoms with E-state index < -0.39 is 0 Å². The largest absolute Gasteiger partial charge is 0.370 e. The van der Waals surface area contributed by atoms with Gasteiger partial charge < -0.3 is 11.1 Å². The maximum absolute atomic E-state index is 12.4. The second-order valence-electron chi connectivity index (χ2n) is 8.94. The van der Waals surface area contributed by atoms with E-state index in [0.717, 1.165) is 39.0 Å². The lowest BCUT2D eigenvalue weighted by molar-refractivity contribution is -0.127. The highest BCUT2D eigenvalue weighted by Crippen LogP contribution is 2.29. The second kappa shape index (κ2) is 9.26. The summed E-state index contributed by atoms with van der Waals surface area (Å²) in [6.45, 7) is 4.63. The Bertz CT molecular complexity index is 704. The van der Waals surface area contributed by atoms with Gasteiger partial charge in [-0.3, -0.25) is 19.4 Å². The number of nitrogens with zero attached hydrogens (tertiary/aromatic N) is 2. The first-order chi connectivity index (χ1) is 14.1. The van der Waals surface area contributed by atoms with Crippen molar-refractivity contribution in [2.24, 2.45) is 11.7 Å². The summed E-state index contributed by atoms with van der Waals surface area (Å²) >= 11 is 0. The summed E-state index contributed by atoms with van der Waals surface area (Å²) < 4.78 is 0. The third kappa shape index (κ3) is 4.98. The molecule has 6 nitrogen and oxygen atoms in total. The number of carbonyl (C=O) groups excluding carboxylic acids is 2. The number of hydrogen-bond acceptors (Lipinski definition) is 4. The van der Waals surface area contributed by atoms with Gasteiger partial charge in [0.25, 0.3) is 0 Å². The molecule has 3 N–H and O–H groups in total. The topological polar surface area (TPSA) is 78.7 Å². The van der Waals surface area contributed by atoms with Crippen LogP contribution in [0.25, 0.3) is 0 Å². The molecule has 0 spiro atoms. The number of fused-ring (bicyclic) bond motifs is 1. The fourth-order valence-electron chi connectivity index (χ4n) is 5.42. The first kappa shape index (κ1) is 20.4. The van der Waals surface area contributed by atoms with Crippen LogP contribution in [0.2, 0.25) is 0 Å². The summed E-state index contributed by atoms with van der Waals surface area (Å²) in [5.41, 5.74) is 8.21. The lowest BCUT2D eigenvalue weighted by Crippen LogP contribution is -2.52. The predicted molar refractivity (Wildman–Crippen MR) is 113 cm³/mol. The maximum Gasteiger partial charge on any atom is 0.224 e. The van der Waals surface area contributed by atoms with E-state index in [1.54, 1.807) is 0 Å². The summed E-state index contributed by atoms with van der Waals surface area (Å²) in [5.74, 6) is -0.246. The highest BCUT2D eigenvalue weighted by atomic mass is 16.2. The van der Waals surface area contributed by atoms with E-state index in [2.05, 4.69) is 39.4 Å². The standard InChI is InChI=1S/C23H34N4O2/c24-22(28)7-10-25-23(29)19-6-3-11-27(16-19)20-8-12-26(13-9-20)21-14-17-4-1-2-5-18(17)15-21/h1-2,4-5,19-21H,3,6-16H2,(H2,24,28)(H,25,29). The number of benzene rings is 1. The third-order valence-electron chi connectivity index (χ3n) is 7.06. The van der Waals surface area contributed by atoms with Gasteiger partial charge in [-0.15, -0.1) is 0 Å². The Hall–Kier alpha value is -1.92. The molecule has 2 saturated heterocycles. The van der Waals surface area contributed by atoms with E-state index in [9.17, 15) is 9.59 Å². The van der Waals surface area contributed by atoms with Crippen molar-refractivity contribution in [2.75, 3.05) is 32.7 Å². The van der Waals surface area contributed by atoms with Crippen LogP contribution < -0.4 is 11.1 Å². The van der Waals surface area contributed by atoms with Crippen molar-refractivity contribution in [1.29, 1.82) is 0 Å². The van der Waals surface area contributed by atoms with Crippen molar-refractivity contribution in [3.8, 4) is 0 Å². The number of likely N-dealkylation sites (tertiary alicyclic amines) is 2. The molecule has 6 heteroatoms. The zero-order valence-corrected chi connectivity index (χ0v) is 17.3. The number of rotatable bonds is 6. The lowest BCUT2D eigenvalue weighted by Gasteiger charge is -2.43. The van der Waals surface area contributed by atoms with Crippen molar-refractivity contribution in [3.05, 3.63) is 35.4 Å². The second-order valence-corrected chi connectivity index (χ2v) is 8.94. The number of hydrogen-bond donors (Lipinski definition) is 2. The number of amides is 2. The Labute approximate surface area is 173 Å². The molecule has 1 aliphatic carbocycles. The number of piperidine rings is 2. The van der Waals surface area contributed by atoms with Gasteiger partial charge in [-0.2, -0.15) is 0 Å². The molecule has 0 bridgehead atoms. The third-order valence-corrected chi connectivity index (χ3v) is 7.06. The fourth-order valence-corrected chi connectivity index (χ4v) is 5.42. The van der Waals surface area contributed by atoms with Gasteiger partial charge in [0.15, 0.2) is 0 Å². The van der Waals surface area contributed by atoms with Crippen LogP contribution in [0.3, 0.4) is 0 Å². The fraction of sp³-hybridized carbons (Fsp3) is 0.652. The average molecular weight is 399 g/mol. The minimum Gasteiger partial charge on any atom is -0.370 e. The summed E-state index contributed by atoms with van der Waals surface area (Å²) in [5, 5.41) is 2.89. The van der Waals surface area contributed by atoms with Crippen LogP contribution in [0.15, 0.2) is 24.3 Å². The smallest absolute Gasteiger partial charge is 0.224 e. The molecule has 2 aliphatic heterocycles. The Kier molecular flexibility index (Phi) is 6.50. The first-order valence-electron chi connectivity index (χ1n) is 11.2. The molecule has 0 aromatic heterocycles. The molecule has 2 fully saturated rings. The quantitative estimate of drug-likeness (QED) is 0.758. The first-order valence-corrected chi connectivity index (χ1v) is 11.2. The van der Waals surface area contributed by atoms with Gasteiger partial charge in [0.1, 0.15) is 0 Å². The van der Waals surface area contributed by atoms with Crippen LogP contribution in [-0.2, 0) is 22.4 Å². The molecule has 0 saturated carbocycles. The van der Waals surface area contributed by atoms with Gasteiger partial charge in [-0.05, 0) is 69.3 Å². The highest BCUT2D eigenvalue weighted by molar-refractivity contribution is 5.80. The van der Waals surface area contributed by atoms with Crippen LogP contribution in [-0.4, -0.2) is 66.4 Å². The molecule has 1 unspecified atom stereocenters. The molecule has 2 amide bonds. The molecular formula is C23H34N4O2. The van der Waals surface area contributed by atoms with Gasteiger partial charge in [-0.1, -0.05) is 24.3 Å². The number of carbonyl (C=O) groups is 2. The summed E-state index contributed by atoms with van der Waals surface area (Å²) in [6.07, 6.45) is 7.01. The van der Waals surface area contributed by atoms with Crippen molar-refractivity contribution >= 4 is 11.8 Å². The molecule has 2 heterocycles. The Morgan fingerprint density at radius 3 is 2.31 bits per heavy atom. The van der Waals surface area contributed by atoms with E-state index in [1.165, 1.54) is 36.8 Å². The van der Waals surface area contributed by atoms with Gasteiger partial charge >= 0.3 is 0 Å². The molecule has 1 aromatic carbocycles. The summed E-state index contributed by atoms with van der Waals surface area (Å²) in [4.78, 5) is 28.5. The Morgan fingerprint density at radius 1 is 0.966 bits per heavy atom. The van der Waals surface area contributed by atoms with Gasteiger partial charge in [0, 0.05) is 31.6 Å². The van der Waals surface area contributed by atoms with Crippen molar-refractivity contribution in [1.82, 2.24) is 15.1 Å². The molecular weight excluding hydrogens is 364 g/mol. The van der Waals surface area contributed by atoms with Crippen LogP contribution >= 0.6 is 0 Å². The minimum absolute atomic E-state index is 0.0407. The zero-order chi connectivity index (χ0) is 20.2. The molecule has 3 aliphatic rings. The number of nitrogens with two attached hydrogens (primary N) is 1. The zero-order valence-electron chi connectivity index (χ0n) is 17.3. The van der Waals surface area contributed by atoms with Gasteiger partial charge in [-0.25, -0.2) is 0 Å². The van der Waals surface area contributed by atoms with Crippen LogP contribution in [0.4, 0.5) is 0 Å². The van der Waals surface area contributed by atoms with Crippen LogP contribution in [0.5, 0.6) is 0 Å². The summed E-state index contributed by atoms with van der Waals surface area (Å²) in [7, 11) is 0. The maximum atomic E-state index is 12.4. The van der Waals surface area contributed by atoms with Crippen LogP contribution in [0.1, 0.15) is 43.2 Å². The Morgan fingerprint density at radius 2 is 1.66 bits per heavy atom. The number of primary amides is 1. The van der Waals surface area contributed by atoms with Gasteiger partial charge in [0.05, 0.1) is 5.92 Å². The molecule has 1 atom stereocenters. The van der Waals surface area contributed by atoms with Gasteiger partial charge in [0.2, 0.25) is 11.8 Å². The predicted octanol–water partition coefficient (Wildman–Crippen LogP) is 1.32. The minimum atomic E-state index is -0.368. The van der Waals surface area contributed by atoms with E-state index in [1.807, 2.05) is 0 Å². The molecule has 158 valence electrons. The van der Waals surface area contributed by atoms with E-state index in [-0.39, 0.29) is 24.2 Å². The van der Waals surface area contributed by atoms with Crippen molar-refractivity contribution < 1.29 is 9.59 Å². The summed E-state index contributed by atoms with van der Waals surface area (Å²) in [6, 6.07) is 10.1. The van der Waals surface area contributed by atoms with E-state index in [0.29, 0.717) is 18.6 Å². The van der Waals surface area contributed by atoms with E-state index >= 15 is 0 Å². The normalized spacial score (nSPS) is 24.3. The lowest BCUT2D eigenvalue weighted by atomic mass is 9.92. The molecule has 29 heavy (non-hydrogen) atoms. The molecule has 1 aromatic rings. The Balaban J connectivity index is 1.23. The average Bonchev–Trinajstić information content (AvgIpc) is 3.18. The monoisotopic (exact) mass is 398 g/mol. The number of nitrogens with one attached hydrogen (secondary N) is 1. The van der Waals surface area contributed by atoms with Crippen LogP contribution in [0, 0.1) is 5.92 Å².